The number of rotatable bonds is 7. The number of carbonyl (C=O) groups is 1. The van der Waals surface area contributed by atoms with Gasteiger partial charge in [-0.2, -0.15) is 0 Å². The van der Waals surface area contributed by atoms with Gasteiger partial charge in [0.05, 0.1) is 6.10 Å². The minimum atomic E-state index is 0.228. The zero-order valence-corrected chi connectivity index (χ0v) is 11.7. The minimum absolute atomic E-state index is 0.228. The van der Waals surface area contributed by atoms with Crippen LogP contribution in [0.2, 0.25) is 0 Å². The number of Topliss-reactive ketones (excluding diaryl/α,β-unsaturated/α-hetero) is 1. The second-order valence-electron chi connectivity index (χ2n) is 5.07. The summed E-state index contributed by atoms with van der Waals surface area (Å²) in [6.45, 7) is 5.79. The van der Waals surface area contributed by atoms with Crippen LogP contribution in [0.5, 0.6) is 0 Å². The van der Waals surface area contributed by atoms with E-state index < -0.39 is 0 Å². The van der Waals surface area contributed by atoms with Crippen molar-refractivity contribution in [2.24, 2.45) is 0 Å². The molecule has 0 aromatic heterocycles. The molecule has 1 unspecified atom stereocenters. The SMILES string of the molecule is CCN(CCC(=O)c1ccccc1)CC1CCCO1. The van der Waals surface area contributed by atoms with Gasteiger partial charge in [0.2, 0.25) is 0 Å². The van der Waals surface area contributed by atoms with E-state index in [4.69, 9.17) is 4.74 Å². The van der Waals surface area contributed by atoms with E-state index in [-0.39, 0.29) is 5.78 Å². The Hall–Kier alpha value is -1.19. The molecule has 1 aromatic rings. The van der Waals surface area contributed by atoms with E-state index in [1.807, 2.05) is 30.3 Å². The lowest BCUT2D eigenvalue weighted by Crippen LogP contribution is -2.33. The van der Waals surface area contributed by atoms with Crippen molar-refractivity contribution in [1.29, 1.82) is 0 Å². The Labute approximate surface area is 115 Å². The zero-order chi connectivity index (χ0) is 13.5. The van der Waals surface area contributed by atoms with Crippen molar-refractivity contribution in [2.75, 3.05) is 26.2 Å². The summed E-state index contributed by atoms with van der Waals surface area (Å²) in [7, 11) is 0. The number of carbonyl (C=O) groups excluding carboxylic acids is 1. The first-order chi connectivity index (χ1) is 9.29. The lowest BCUT2D eigenvalue weighted by Gasteiger charge is -2.23. The predicted molar refractivity (Wildman–Crippen MR) is 76.5 cm³/mol. The van der Waals surface area contributed by atoms with Crippen LogP contribution in [0.4, 0.5) is 0 Å². The molecule has 1 aliphatic heterocycles. The summed E-state index contributed by atoms with van der Waals surface area (Å²) in [4.78, 5) is 14.4. The molecule has 3 heteroatoms. The third-order valence-electron chi connectivity index (χ3n) is 3.68. The first-order valence-electron chi connectivity index (χ1n) is 7.22. The second kappa shape index (κ2) is 7.41. The average molecular weight is 261 g/mol. The number of likely N-dealkylation sites (N-methyl/N-ethyl adjacent to an activating group) is 1. The molecule has 19 heavy (non-hydrogen) atoms. The average Bonchev–Trinajstić information content (AvgIpc) is 2.97. The second-order valence-corrected chi connectivity index (χ2v) is 5.07. The van der Waals surface area contributed by atoms with Crippen LogP contribution in [-0.2, 0) is 4.74 Å². The fraction of sp³-hybridized carbons (Fsp3) is 0.562. The molecule has 1 heterocycles. The smallest absolute Gasteiger partial charge is 0.164 e. The summed E-state index contributed by atoms with van der Waals surface area (Å²) < 4.78 is 5.65. The quantitative estimate of drug-likeness (QED) is 0.707. The van der Waals surface area contributed by atoms with Crippen molar-refractivity contribution in [3.63, 3.8) is 0 Å². The van der Waals surface area contributed by atoms with E-state index in [9.17, 15) is 4.79 Å². The van der Waals surface area contributed by atoms with Gasteiger partial charge in [-0.05, 0) is 19.4 Å². The maximum absolute atomic E-state index is 12.0. The molecule has 1 atom stereocenters. The highest BCUT2D eigenvalue weighted by molar-refractivity contribution is 5.96. The van der Waals surface area contributed by atoms with Gasteiger partial charge < -0.3 is 9.64 Å². The van der Waals surface area contributed by atoms with Crippen molar-refractivity contribution in [2.45, 2.75) is 32.3 Å². The van der Waals surface area contributed by atoms with E-state index in [1.54, 1.807) is 0 Å². The summed E-state index contributed by atoms with van der Waals surface area (Å²) in [5.41, 5.74) is 0.815. The Bertz CT molecular complexity index is 385. The molecular formula is C16H23NO2. The van der Waals surface area contributed by atoms with Crippen LogP contribution in [0, 0.1) is 0 Å². The molecule has 0 amide bonds. The monoisotopic (exact) mass is 261 g/mol. The Morgan fingerprint density at radius 1 is 1.37 bits per heavy atom. The van der Waals surface area contributed by atoms with Gasteiger partial charge in [0.1, 0.15) is 0 Å². The largest absolute Gasteiger partial charge is 0.377 e. The van der Waals surface area contributed by atoms with Gasteiger partial charge in [-0.25, -0.2) is 0 Å². The van der Waals surface area contributed by atoms with Crippen molar-refractivity contribution < 1.29 is 9.53 Å². The van der Waals surface area contributed by atoms with Crippen LogP contribution in [0.15, 0.2) is 30.3 Å². The maximum atomic E-state index is 12.0. The third-order valence-corrected chi connectivity index (χ3v) is 3.68. The van der Waals surface area contributed by atoms with Gasteiger partial charge in [0, 0.05) is 31.7 Å². The van der Waals surface area contributed by atoms with Gasteiger partial charge in [0.15, 0.2) is 5.78 Å². The number of hydrogen-bond acceptors (Lipinski definition) is 3. The standard InChI is InChI=1S/C16H23NO2/c1-2-17(13-15-9-6-12-19-15)11-10-16(18)14-7-4-3-5-8-14/h3-5,7-8,15H,2,6,9-13H2,1H3. The highest BCUT2D eigenvalue weighted by Crippen LogP contribution is 2.13. The number of ketones is 1. The minimum Gasteiger partial charge on any atom is -0.377 e. The molecule has 0 spiro atoms. The van der Waals surface area contributed by atoms with Crippen LogP contribution >= 0.6 is 0 Å². The zero-order valence-electron chi connectivity index (χ0n) is 11.7. The summed E-state index contributed by atoms with van der Waals surface area (Å²) in [5, 5.41) is 0. The van der Waals surface area contributed by atoms with E-state index in [2.05, 4.69) is 11.8 Å². The van der Waals surface area contributed by atoms with Crippen LogP contribution in [0.25, 0.3) is 0 Å². The summed E-state index contributed by atoms with van der Waals surface area (Å²) in [6, 6.07) is 9.54. The Kier molecular flexibility index (Phi) is 5.55. The summed E-state index contributed by atoms with van der Waals surface area (Å²) in [6.07, 6.45) is 3.28. The molecule has 0 saturated carbocycles. The number of ether oxygens (including phenoxy) is 1. The Morgan fingerprint density at radius 2 is 2.16 bits per heavy atom. The van der Waals surface area contributed by atoms with Crippen LogP contribution in [0.1, 0.15) is 36.5 Å². The van der Waals surface area contributed by atoms with Crippen LogP contribution in [0.3, 0.4) is 0 Å². The number of benzene rings is 1. The van der Waals surface area contributed by atoms with Gasteiger partial charge >= 0.3 is 0 Å². The van der Waals surface area contributed by atoms with Gasteiger partial charge in [0.25, 0.3) is 0 Å². The molecule has 2 rings (SSSR count). The lowest BCUT2D eigenvalue weighted by molar-refractivity contribution is 0.0720. The molecule has 1 aliphatic rings. The van der Waals surface area contributed by atoms with E-state index in [0.29, 0.717) is 12.5 Å². The lowest BCUT2D eigenvalue weighted by atomic mass is 10.1. The molecule has 0 radical (unpaired) electrons. The van der Waals surface area contributed by atoms with Crippen LogP contribution in [-0.4, -0.2) is 43.0 Å². The molecule has 1 fully saturated rings. The van der Waals surface area contributed by atoms with Crippen molar-refractivity contribution in [3.05, 3.63) is 35.9 Å². The predicted octanol–water partition coefficient (Wildman–Crippen LogP) is 2.76. The molecule has 0 aliphatic carbocycles. The van der Waals surface area contributed by atoms with Gasteiger partial charge in [-0.3, -0.25) is 4.79 Å². The number of hydrogen-bond donors (Lipinski definition) is 0. The topological polar surface area (TPSA) is 29.5 Å². The first kappa shape index (κ1) is 14.2. The van der Waals surface area contributed by atoms with E-state index >= 15 is 0 Å². The molecule has 104 valence electrons. The molecule has 0 bridgehead atoms. The van der Waals surface area contributed by atoms with Crippen LogP contribution < -0.4 is 0 Å². The normalized spacial score (nSPS) is 18.9. The van der Waals surface area contributed by atoms with Crippen molar-refractivity contribution >= 4 is 5.78 Å². The fourth-order valence-corrected chi connectivity index (χ4v) is 2.48. The summed E-state index contributed by atoms with van der Waals surface area (Å²) in [5.74, 6) is 0.228. The third kappa shape index (κ3) is 4.44. The highest BCUT2D eigenvalue weighted by atomic mass is 16.5. The highest BCUT2D eigenvalue weighted by Gasteiger charge is 2.18. The number of nitrogens with zero attached hydrogens (tertiary/aromatic N) is 1. The molecular weight excluding hydrogens is 238 g/mol. The molecule has 3 nitrogen and oxygen atoms in total. The Morgan fingerprint density at radius 3 is 2.79 bits per heavy atom. The maximum Gasteiger partial charge on any atom is 0.164 e. The fourth-order valence-electron chi connectivity index (χ4n) is 2.48. The first-order valence-corrected chi connectivity index (χ1v) is 7.22. The van der Waals surface area contributed by atoms with Gasteiger partial charge in [-0.1, -0.05) is 37.3 Å². The van der Waals surface area contributed by atoms with Crippen molar-refractivity contribution in [3.8, 4) is 0 Å². The molecule has 1 aromatic carbocycles. The summed E-state index contributed by atoms with van der Waals surface area (Å²) >= 11 is 0. The molecule has 1 saturated heterocycles. The van der Waals surface area contributed by atoms with Gasteiger partial charge in [-0.15, -0.1) is 0 Å². The van der Waals surface area contributed by atoms with E-state index in [0.717, 1.165) is 38.2 Å². The van der Waals surface area contributed by atoms with E-state index in [1.165, 1.54) is 6.42 Å². The molecule has 0 N–H and O–H groups in total. The van der Waals surface area contributed by atoms with Crippen molar-refractivity contribution in [1.82, 2.24) is 4.90 Å². The Balaban J connectivity index is 1.77.